The minimum absolute atomic E-state index is 0.321. The minimum Gasteiger partial charge on any atom is -0.387 e. The van der Waals surface area contributed by atoms with Gasteiger partial charge in [0, 0.05) is 13.1 Å². The van der Waals surface area contributed by atoms with Gasteiger partial charge in [-0.25, -0.2) is 9.98 Å². The first kappa shape index (κ1) is 15.4. The Hall–Kier alpha value is -1.58. The minimum atomic E-state index is 0.321. The van der Waals surface area contributed by atoms with Crippen LogP contribution in [0.5, 0.6) is 0 Å². The van der Waals surface area contributed by atoms with Crippen molar-refractivity contribution in [2.24, 2.45) is 4.99 Å². The predicted molar refractivity (Wildman–Crippen MR) is 75.9 cm³/mol. The van der Waals surface area contributed by atoms with E-state index in [1.807, 2.05) is 11.6 Å². The van der Waals surface area contributed by atoms with Crippen LogP contribution in [0.15, 0.2) is 17.9 Å². The van der Waals surface area contributed by atoms with E-state index < -0.39 is 0 Å². The lowest BCUT2D eigenvalue weighted by molar-refractivity contribution is 0.603. The molecule has 1 aromatic rings. The summed E-state index contributed by atoms with van der Waals surface area (Å²) in [5, 5.41) is 2.95. The monoisotopic (exact) mass is 236 g/mol. The molecule has 17 heavy (non-hydrogen) atoms. The van der Waals surface area contributed by atoms with Gasteiger partial charge in [0.15, 0.2) is 5.82 Å². The summed E-state index contributed by atoms with van der Waals surface area (Å²) in [5.41, 5.74) is 1.52. The first-order valence-corrected chi connectivity index (χ1v) is 5.93. The van der Waals surface area contributed by atoms with Crippen LogP contribution in [0.1, 0.15) is 45.9 Å². The number of hydrogen-bond acceptors (Lipinski definition) is 3. The molecule has 0 aliphatic heterocycles. The Kier molecular flexibility index (Phi) is 6.94. The van der Waals surface area contributed by atoms with E-state index in [2.05, 4.69) is 56.3 Å². The quantitative estimate of drug-likeness (QED) is 0.814. The van der Waals surface area contributed by atoms with Crippen molar-refractivity contribution in [3.8, 4) is 0 Å². The van der Waals surface area contributed by atoms with Gasteiger partial charge in [-0.05, 0) is 20.6 Å². The highest BCUT2D eigenvalue weighted by atomic mass is 15.2. The Morgan fingerprint density at radius 3 is 2.41 bits per heavy atom. The van der Waals surface area contributed by atoms with Crippen molar-refractivity contribution in [3.05, 3.63) is 18.6 Å². The maximum absolute atomic E-state index is 4.25. The Bertz CT molecular complexity index is 363. The summed E-state index contributed by atoms with van der Waals surface area (Å²) in [4.78, 5) is 8.22. The van der Waals surface area contributed by atoms with Crippen molar-refractivity contribution in [2.75, 3.05) is 7.05 Å². The van der Waals surface area contributed by atoms with Crippen molar-refractivity contribution in [3.63, 3.8) is 0 Å². The molecule has 0 atom stereocenters. The zero-order valence-electron chi connectivity index (χ0n) is 11.6. The lowest BCUT2D eigenvalue weighted by atomic mass is 10.3. The average molecular weight is 236 g/mol. The number of aromatic nitrogens is 2. The molecule has 0 spiro atoms. The fourth-order valence-electron chi connectivity index (χ4n) is 1.22. The van der Waals surface area contributed by atoms with Crippen LogP contribution < -0.4 is 5.32 Å². The normalized spacial score (nSPS) is 9.53. The number of nitrogens with one attached hydrogen (secondary N) is 1. The van der Waals surface area contributed by atoms with Crippen LogP contribution in [0.3, 0.4) is 0 Å². The molecule has 0 saturated carbocycles. The zero-order chi connectivity index (χ0) is 13.4. The lowest BCUT2D eigenvalue weighted by Crippen LogP contribution is -2.04. The van der Waals surface area contributed by atoms with Crippen molar-refractivity contribution in [1.82, 2.24) is 14.9 Å². The summed E-state index contributed by atoms with van der Waals surface area (Å²) >= 11 is 0. The molecule has 0 aliphatic carbocycles. The molecule has 0 bridgehead atoms. The molecule has 4 nitrogen and oxygen atoms in total. The highest BCUT2D eigenvalue weighted by Gasteiger charge is 2.12. The van der Waals surface area contributed by atoms with Gasteiger partial charge in [0.2, 0.25) is 0 Å². The molecule has 1 aromatic heterocycles. The molecule has 0 radical (unpaired) electrons. The SMILES string of the molecule is C=Nc1c(C(=C)NC)ncn1C(C)C.CCC. The van der Waals surface area contributed by atoms with Gasteiger partial charge in [-0.2, -0.15) is 0 Å². The van der Waals surface area contributed by atoms with Crippen molar-refractivity contribution in [1.29, 1.82) is 0 Å². The molecule has 0 aromatic carbocycles. The number of nitrogens with zero attached hydrogens (tertiary/aromatic N) is 3. The molecule has 0 saturated heterocycles. The number of rotatable bonds is 4. The summed E-state index contributed by atoms with van der Waals surface area (Å²) in [7, 11) is 1.81. The summed E-state index contributed by atoms with van der Waals surface area (Å²) in [6.07, 6.45) is 3.01. The first-order chi connectivity index (χ1) is 8.03. The third kappa shape index (κ3) is 4.06. The second-order valence-electron chi connectivity index (χ2n) is 4.01. The summed E-state index contributed by atoms with van der Waals surface area (Å²) in [6.45, 7) is 15.8. The number of imidazole rings is 1. The van der Waals surface area contributed by atoms with E-state index in [4.69, 9.17) is 0 Å². The summed E-state index contributed by atoms with van der Waals surface area (Å²) in [5.74, 6) is 0.763. The lowest BCUT2D eigenvalue weighted by Gasteiger charge is -2.09. The Morgan fingerprint density at radius 2 is 2.06 bits per heavy atom. The summed E-state index contributed by atoms with van der Waals surface area (Å²) < 4.78 is 1.96. The average Bonchev–Trinajstić information content (AvgIpc) is 2.72. The first-order valence-electron chi connectivity index (χ1n) is 5.93. The fraction of sp³-hybridized carbons (Fsp3) is 0.538. The largest absolute Gasteiger partial charge is 0.387 e. The van der Waals surface area contributed by atoms with E-state index in [9.17, 15) is 0 Å². The molecule has 96 valence electrons. The van der Waals surface area contributed by atoms with Gasteiger partial charge in [-0.15, -0.1) is 0 Å². The molecule has 0 amide bonds. The third-order valence-corrected chi connectivity index (χ3v) is 2.06. The van der Waals surface area contributed by atoms with Gasteiger partial charge in [-0.3, -0.25) is 0 Å². The molecule has 1 rings (SSSR count). The standard InChI is InChI=1S/C10H16N4.C3H8/c1-7(2)14-6-13-9(8(3)11-4)10(14)12-5;1-3-2/h6-7,11H,3,5H2,1-2,4H3;3H2,1-2H3. The van der Waals surface area contributed by atoms with Crippen LogP contribution >= 0.6 is 0 Å². The number of hydrogen-bond donors (Lipinski definition) is 1. The molecule has 0 aliphatic rings. The van der Waals surface area contributed by atoms with Crippen molar-refractivity contribution < 1.29 is 0 Å². The van der Waals surface area contributed by atoms with Crippen molar-refractivity contribution >= 4 is 18.2 Å². The molecule has 0 unspecified atom stereocenters. The maximum Gasteiger partial charge on any atom is 0.161 e. The zero-order valence-corrected chi connectivity index (χ0v) is 11.6. The van der Waals surface area contributed by atoms with E-state index in [1.54, 1.807) is 6.33 Å². The maximum atomic E-state index is 4.25. The van der Waals surface area contributed by atoms with Crippen molar-refractivity contribution in [2.45, 2.75) is 40.2 Å². The highest BCUT2D eigenvalue weighted by Crippen LogP contribution is 2.25. The molecule has 4 heteroatoms. The van der Waals surface area contributed by atoms with E-state index in [0.29, 0.717) is 6.04 Å². The van der Waals surface area contributed by atoms with E-state index in [-0.39, 0.29) is 0 Å². The smallest absolute Gasteiger partial charge is 0.161 e. The van der Waals surface area contributed by atoms with Crippen LogP contribution in [0, 0.1) is 0 Å². The number of aliphatic imine (C=N–C) groups is 1. The van der Waals surface area contributed by atoms with Gasteiger partial charge >= 0.3 is 0 Å². The Morgan fingerprint density at radius 1 is 1.53 bits per heavy atom. The highest BCUT2D eigenvalue weighted by molar-refractivity contribution is 5.68. The van der Waals surface area contributed by atoms with E-state index in [0.717, 1.165) is 17.2 Å². The predicted octanol–water partition coefficient (Wildman–Crippen LogP) is 3.40. The van der Waals surface area contributed by atoms with Crippen LogP contribution in [-0.2, 0) is 0 Å². The van der Waals surface area contributed by atoms with Gasteiger partial charge in [0.25, 0.3) is 0 Å². The van der Waals surface area contributed by atoms with E-state index in [1.165, 1.54) is 6.42 Å². The second kappa shape index (κ2) is 7.65. The van der Waals surface area contributed by atoms with E-state index >= 15 is 0 Å². The molecule has 1 heterocycles. The van der Waals surface area contributed by atoms with Gasteiger partial charge in [0.1, 0.15) is 5.69 Å². The third-order valence-electron chi connectivity index (χ3n) is 2.06. The topological polar surface area (TPSA) is 42.2 Å². The van der Waals surface area contributed by atoms with Gasteiger partial charge < -0.3 is 9.88 Å². The molecular weight excluding hydrogens is 212 g/mol. The Labute approximate surface area is 104 Å². The molecule has 0 fully saturated rings. The van der Waals surface area contributed by atoms with Crippen LogP contribution in [-0.4, -0.2) is 23.3 Å². The van der Waals surface area contributed by atoms with Crippen LogP contribution in [0.25, 0.3) is 5.70 Å². The van der Waals surface area contributed by atoms with Crippen LogP contribution in [0.2, 0.25) is 0 Å². The van der Waals surface area contributed by atoms with Gasteiger partial charge in [-0.1, -0.05) is 26.8 Å². The molecule has 1 N–H and O–H groups in total. The fourth-order valence-corrected chi connectivity index (χ4v) is 1.22. The Balaban J connectivity index is 0.000000770. The second-order valence-corrected chi connectivity index (χ2v) is 4.01. The molecular formula is C13H24N4. The van der Waals surface area contributed by atoms with Crippen LogP contribution in [0.4, 0.5) is 5.82 Å². The summed E-state index contributed by atoms with van der Waals surface area (Å²) in [6, 6.07) is 0.321. The van der Waals surface area contributed by atoms with Gasteiger partial charge in [0.05, 0.1) is 12.0 Å².